The number of hydrogen-bond acceptors (Lipinski definition) is 5. The third kappa shape index (κ3) is 2.34. The topological polar surface area (TPSA) is 104 Å². The molecule has 6 nitrogen and oxygen atoms in total. The lowest BCUT2D eigenvalue weighted by Crippen LogP contribution is -1.97. The molecule has 21 heavy (non-hydrogen) atoms. The van der Waals surface area contributed by atoms with Crippen molar-refractivity contribution in [3.63, 3.8) is 0 Å². The van der Waals surface area contributed by atoms with Crippen LogP contribution in [0.3, 0.4) is 0 Å². The van der Waals surface area contributed by atoms with Gasteiger partial charge in [0.25, 0.3) is 0 Å². The minimum Gasteiger partial charge on any atom is -0.504 e. The number of benzene rings is 2. The molecule has 0 saturated heterocycles. The van der Waals surface area contributed by atoms with Crippen LogP contribution in [-0.4, -0.2) is 31.3 Å². The molecule has 0 fully saturated rings. The highest BCUT2D eigenvalue weighted by Crippen LogP contribution is 2.30. The monoisotopic (exact) mass is 282 g/mol. The Hall–Kier alpha value is -3.15. The largest absolute Gasteiger partial charge is 0.504 e. The van der Waals surface area contributed by atoms with E-state index in [1.54, 1.807) is 12.1 Å². The van der Waals surface area contributed by atoms with Gasteiger partial charge in [-0.05, 0) is 36.4 Å². The Morgan fingerprint density at radius 3 is 2.48 bits per heavy atom. The zero-order valence-electron chi connectivity index (χ0n) is 10.7. The average Bonchev–Trinajstić information content (AvgIpc) is 2.49. The molecule has 0 bridgehead atoms. The Morgan fingerprint density at radius 2 is 1.76 bits per heavy atom. The summed E-state index contributed by atoms with van der Waals surface area (Å²) < 4.78 is 0. The van der Waals surface area contributed by atoms with Gasteiger partial charge < -0.3 is 15.3 Å². The maximum absolute atomic E-state index is 11.0. The summed E-state index contributed by atoms with van der Waals surface area (Å²) in [6, 6.07) is 8.80. The smallest absolute Gasteiger partial charge is 0.335 e. The predicted molar refractivity (Wildman–Crippen MR) is 75.3 cm³/mol. The number of aromatic hydroxyl groups is 2. The second-order valence-corrected chi connectivity index (χ2v) is 4.47. The van der Waals surface area contributed by atoms with Gasteiger partial charge in [-0.25, -0.2) is 9.78 Å². The lowest BCUT2D eigenvalue weighted by atomic mass is 10.1. The van der Waals surface area contributed by atoms with Crippen molar-refractivity contribution in [3.05, 3.63) is 48.2 Å². The van der Waals surface area contributed by atoms with Crippen molar-refractivity contribution < 1.29 is 20.1 Å². The molecule has 0 saturated carbocycles. The van der Waals surface area contributed by atoms with E-state index in [1.165, 1.54) is 30.5 Å². The van der Waals surface area contributed by atoms with E-state index in [0.717, 1.165) is 0 Å². The molecule has 0 atom stereocenters. The maximum atomic E-state index is 11.0. The average molecular weight is 282 g/mol. The molecular weight excluding hydrogens is 272 g/mol. The highest BCUT2D eigenvalue weighted by Gasteiger charge is 2.08. The molecule has 104 valence electrons. The highest BCUT2D eigenvalue weighted by atomic mass is 16.4. The van der Waals surface area contributed by atoms with Crippen LogP contribution in [0.1, 0.15) is 10.4 Å². The third-order valence-electron chi connectivity index (χ3n) is 3.06. The highest BCUT2D eigenvalue weighted by molar-refractivity contribution is 5.92. The van der Waals surface area contributed by atoms with Crippen molar-refractivity contribution in [2.75, 3.05) is 0 Å². The molecule has 0 aliphatic rings. The minimum atomic E-state index is -1.04. The summed E-state index contributed by atoms with van der Waals surface area (Å²) >= 11 is 0. The number of aromatic carboxylic acids is 1. The minimum absolute atomic E-state index is 0.127. The number of nitrogens with zero attached hydrogens (tertiary/aromatic N) is 2. The van der Waals surface area contributed by atoms with Gasteiger partial charge >= 0.3 is 5.97 Å². The van der Waals surface area contributed by atoms with E-state index in [0.29, 0.717) is 22.3 Å². The molecule has 2 aromatic carbocycles. The molecular formula is C15H10N2O4. The lowest BCUT2D eigenvalue weighted by Gasteiger charge is -2.05. The predicted octanol–water partition coefficient (Wildman–Crippen LogP) is 2.41. The van der Waals surface area contributed by atoms with Gasteiger partial charge in [-0.3, -0.25) is 4.98 Å². The van der Waals surface area contributed by atoms with Crippen molar-refractivity contribution in [2.24, 2.45) is 0 Å². The fourth-order valence-corrected chi connectivity index (χ4v) is 1.97. The number of fused-ring (bicyclic) bond motifs is 1. The van der Waals surface area contributed by atoms with Gasteiger partial charge in [0.2, 0.25) is 0 Å². The van der Waals surface area contributed by atoms with E-state index in [1.807, 2.05) is 0 Å². The zero-order chi connectivity index (χ0) is 15.0. The Morgan fingerprint density at radius 1 is 0.952 bits per heavy atom. The van der Waals surface area contributed by atoms with Crippen molar-refractivity contribution in [1.82, 2.24) is 9.97 Å². The van der Waals surface area contributed by atoms with E-state index >= 15 is 0 Å². The first-order valence-corrected chi connectivity index (χ1v) is 6.07. The summed E-state index contributed by atoms with van der Waals surface area (Å²) in [6.07, 6.45) is 1.52. The molecule has 0 radical (unpaired) electrons. The number of hydrogen-bond donors (Lipinski definition) is 3. The van der Waals surface area contributed by atoms with Gasteiger partial charge in [0, 0.05) is 5.56 Å². The van der Waals surface area contributed by atoms with Gasteiger partial charge in [-0.2, -0.15) is 0 Å². The van der Waals surface area contributed by atoms with Gasteiger partial charge in [-0.15, -0.1) is 0 Å². The summed E-state index contributed by atoms with van der Waals surface area (Å²) in [4.78, 5) is 19.5. The fraction of sp³-hybridized carbons (Fsp3) is 0. The number of carbonyl (C=O) groups is 1. The normalized spacial score (nSPS) is 10.7. The number of rotatable bonds is 2. The van der Waals surface area contributed by atoms with Crippen LogP contribution in [0.2, 0.25) is 0 Å². The maximum Gasteiger partial charge on any atom is 0.335 e. The van der Waals surface area contributed by atoms with E-state index in [-0.39, 0.29) is 17.1 Å². The Bertz CT molecular complexity index is 861. The number of phenols is 2. The quantitative estimate of drug-likeness (QED) is 0.623. The molecule has 0 aliphatic heterocycles. The summed E-state index contributed by atoms with van der Waals surface area (Å²) in [6.45, 7) is 0. The second-order valence-electron chi connectivity index (χ2n) is 4.47. The van der Waals surface area contributed by atoms with Crippen LogP contribution in [0.25, 0.3) is 22.3 Å². The van der Waals surface area contributed by atoms with Crippen LogP contribution in [0, 0.1) is 0 Å². The molecule has 0 amide bonds. The first-order chi connectivity index (χ1) is 10.0. The number of aromatic nitrogens is 2. The van der Waals surface area contributed by atoms with Gasteiger partial charge in [0.05, 0.1) is 28.5 Å². The molecule has 0 unspecified atom stereocenters. The van der Waals surface area contributed by atoms with Crippen LogP contribution in [-0.2, 0) is 0 Å². The first kappa shape index (κ1) is 12.9. The van der Waals surface area contributed by atoms with Crippen LogP contribution in [0.4, 0.5) is 0 Å². The van der Waals surface area contributed by atoms with Crippen molar-refractivity contribution in [2.45, 2.75) is 0 Å². The Labute approximate surface area is 119 Å². The van der Waals surface area contributed by atoms with Crippen LogP contribution < -0.4 is 0 Å². The van der Waals surface area contributed by atoms with Crippen LogP contribution in [0.5, 0.6) is 11.5 Å². The number of phenolic OH excluding ortho intramolecular Hbond substituents is 2. The second kappa shape index (κ2) is 4.75. The number of carboxylic acid groups (broad SMARTS) is 1. The van der Waals surface area contributed by atoms with Crippen molar-refractivity contribution in [3.8, 4) is 22.8 Å². The van der Waals surface area contributed by atoms with Crippen molar-refractivity contribution in [1.29, 1.82) is 0 Å². The summed E-state index contributed by atoms with van der Waals surface area (Å²) in [5.74, 6) is -1.51. The first-order valence-electron chi connectivity index (χ1n) is 6.07. The molecule has 0 spiro atoms. The lowest BCUT2D eigenvalue weighted by molar-refractivity contribution is 0.0697. The summed E-state index contributed by atoms with van der Waals surface area (Å²) in [7, 11) is 0. The number of carboxylic acids is 1. The van der Waals surface area contributed by atoms with Crippen LogP contribution >= 0.6 is 0 Å². The molecule has 3 N–H and O–H groups in total. The van der Waals surface area contributed by atoms with Crippen molar-refractivity contribution >= 4 is 17.0 Å². The zero-order valence-corrected chi connectivity index (χ0v) is 10.7. The molecule has 6 heteroatoms. The molecule has 1 aromatic heterocycles. The summed E-state index contributed by atoms with van der Waals surface area (Å²) in [5.41, 5.74) is 2.19. The Balaban J connectivity index is 2.14. The molecule has 1 heterocycles. The van der Waals surface area contributed by atoms with Crippen LogP contribution in [0.15, 0.2) is 42.6 Å². The molecule has 3 rings (SSSR count). The fourth-order valence-electron chi connectivity index (χ4n) is 1.97. The van der Waals surface area contributed by atoms with E-state index in [2.05, 4.69) is 9.97 Å². The van der Waals surface area contributed by atoms with E-state index in [9.17, 15) is 15.0 Å². The molecule has 3 aromatic rings. The molecule has 0 aliphatic carbocycles. The Kier molecular flexibility index (Phi) is 2.91. The SMILES string of the molecule is O=C(O)c1ccc2ncc(-c3ccc(O)c(O)c3)nc2c1. The van der Waals surface area contributed by atoms with E-state index in [4.69, 9.17) is 5.11 Å². The third-order valence-corrected chi connectivity index (χ3v) is 3.06. The standard InChI is InChI=1S/C15H10N2O4/c18-13-4-2-8(6-14(13)19)12-7-16-10-3-1-9(15(20)21)5-11(10)17-12/h1-7,18-19H,(H,20,21). The summed E-state index contributed by atoms with van der Waals surface area (Å²) in [5, 5.41) is 27.8. The van der Waals surface area contributed by atoms with E-state index < -0.39 is 5.97 Å². The van der Waals surface area contributed by atoms with Gasteiger partial charge in [0.15, 0.2) is 11.5 Å². The van der Waals surface area contributed by atoms with Gasteiger partial charge in [0.1, 0.15) is 0 Å². The van der Waals surface area contributed by atoms with Gasteiger partial charge in [-0.1, -0.05) is 0 Å².